The summed E-state index contributed by atoms with van der Waals surface area (Å²) in [5, 5.41) is 0. The van der Waals surface area contributed by atoms with Crippen LogP contribution in [0.3, 0.4) is 0 Å². The van der Waals surface area contributed by atoms with Crippen LogP contribution in [0.2, 0.25) is 0 Å². The Kier molecular flexibility index (Phi) is 6.34. The predicted octanol–water partition coefficient (Wildman–Crippen LogP) is 5.67. The monoisotopic (exact) mass is 376 g/mol. The molecule has 3 aromatic rings. The number of hydrogen-bond donors (Lipinski definition) is 0. The van der Waals surface area contributed by atoms with Crippen molar-refractivity contribution in [1.29, 1.82) is 0 Å². The molecule has 27 heavy (non-hydrogen) atoms. The van der Waals surface area contributed by atoms with Gasteiger partial charge in [-0.05, 0) is 29.3 Å². The van der Waals surface area contributed by atoms with Gasteiger partial charge < -0.3 is 9.47 Å². The Labute approximate surface area is 163 Å². The summed E-state index contributed by atoms with van der Waals surface area (Å²) in [4.78, 5) is 14.2. The van der Waals surface area contributed by atoms with Crippen LogP contribution in [0, 0.1) is 0 Å². The second-order valence-corrected chi connectivity index (χ2v) is 6.87. The number of carbonyl (C=O) groups excluding carboxylic acids is 1. The molecule has 0 unspecified atom stereocenters. The second-order valence-electron chi connectivity index (χ2n) is 5.75. The first-order valence-corrected chi connectivity index (χ1v) is 9.28. The third-order valence-corrected chi connectivity index (χ3v) is 5.05. The van der Waals surface area contributed by atoms with Crippen LogP contribution >= 0.6 is 11.8 Å². The number of methoxy groups -OCH3 is 2. The molecule has 0 heterocycles. The summed E-state index contributed by atoms with van der Waals surface area (Å²) < 4.78 is 10.00. The van der Waals surface area contributed by atoms with Crippen molar-refractivity contribution in [3.63, 3.8) is 0 Å². The van der Waals surface area contributed by atoms with Gasteiger partial charge in [0.05, 0.1) is 20.5 Å². The van der Waals surface area contributed by atoms with E-state index in [0.29, 0.717) is 5.57 Å². The number of esters is 1. The van der Waals surface area contributed by atoms with Gasteiger partial charge >= 0.3 is 5.97 Å². The van der Waals surface area contributed by atoms with E-state index in [1.54, 1.807) is 11.8 Å². The fourth-order valence-corrected chi connectivity index (χ4v) is 3.75. The first kappa shape index (κ1) is 18.8. The molecular weight excluding hydrogens is 356 g/mol. The van der Waals surface area contributed by atoms with Gasteiger partial charge in [0.25, 0.3) is 0 Å². The van der Waals surface area contributed by atoms with Crippen LogP contribution < -0.4 is 0 Å². The van der Waals surface area contributed by atoms with Crippen molar-refractivity contribution in [1.82, 2.24) is 0 Å². The quantitative estimate of drug-likeness (QED) is 0.316. The molecule has 0 fully saturated rings. The third kappa shape index (κ3) is 4.60. The lowest BCUT2D eigenvalue weighted by atomic mass is 10.1. The van der Waals surface area contributed by atoms with Crippen LogP contribution in [0.25, 0.3) is 16.7 Å². The highest BCUT2D eigenvalue weighted by atomic mass is 32.2. The zero-order chi connectivity index (χ0) is 19.1. The minimum absolute atomic E-state index is 0.391. The molecule has 0 amide bonds. The number of ether oxygens (including phenoxy) is 2. The maximum absolute atomic E-state index is 12.2. The molecule has 0 spiro atoms. The van der Waals surface area contributed by atoms with Gasteiger partial charge in [0.2, 0.25) is 0 Å². The van der Waals surface area contributed by atoms with Crippen LogP contribution in [-0.4, -0.2) is 20.2 Å². The maximum Gasteiger partial charge on any atom is 0.341 e. The molecular formula is C23H20O3S. The molecule has 0 aliphatic heterocycles. The van der Waals surface area contributed by atoms with E-state index in [9.17, 15) is 4.79 Å². The Bertz CT molecular complexity index is 949. The summed E-state index contributed by atoms with van der Waals surface area (Å²) in [5.74, 6) is -0.428. The van der Waals surface area contributed by atoms with E-state index in [4.69, 9.17) is 9.47 Å². The predicted molar refractivity (Wildman–Crippen MR) is 109 cm³/mol. The minimum Gasteiger partial charge on any atom is -0.503 e. The average molecular weight is 376 g/mol. The summed E-state index contributed by atoms with van der Waals surface area (Å²) >= 11 is 1.60. The van der Waals surface area contributed by atoms with E-state index in [0.717, 1.165) is 20.9 Å². The molecule has 0 saturated carbocycles. The van der Waals surface area contributed by atoms with Crippen molar-refractivity contribution in [3.8, 4) is 11.1 Å². The van der Waals surface area contributed by atoms with E-state index < -0.39 is 5.97 Å². The number of rotatable bonds is 6. The summed E-state index contributed by atoms with van der Waals surface area (Å²) in [6, 6.07) is 26.3. The smallest absolute Gasteiger partial charge is 0.341 e. The molecule has 0 aliphatic carbocycles. The number of benzene rings is 3. The Balaban J connectivity index is 1.96. The van der Waals surface area contributed by atoms with E-state index >= 15 is 0 Å². The molecule has 0 saturated heterocycles. The fourth-order valence-electron chi connectivity index (χ4n) is 2.72. The van der Waals surface area contributed by atoms with Gasteiger partial charge in [-0.25, -0.2) is 4.79 Å². The van der Waals surface area contributed by atoms with E-state index in [1.165, 1.54) is 26.0 Å². The summed E-state index contributed by atoms with van der Waals surface area (Å²) in [6.07, 6.45) is 1.42. The molecule has 3 nitrogen and oxygen atoms in total. The Morgan fingerprint density at radius 1 is 0.852 bits per heavy atom. The first-order valence-electron chi connectivity index (χ1n) is 8.47. The molecule has 0 radical (unpaired) electrons. The zero-order valence-corrected chi connectivity index (χ0v) is 16.0. The van der Waals surface area contributed by atoms with E-state index in [1.807, 2.05) is 48.5 Å². The van der Waals surface area contributed by atoms with E-state index in [2.05, 4.69) is 30.3 Å². The Morgan fingerprint density at radius 3 is 2.30 bits per heavy atom. The van der Waals surface area contributed by atoms with Crippen LogP contribution in [0.5, 0.6) is 0 Å². The zero-order valence-electron chi connectivity index (χ0n) is 15.2. The van der Waals surface area contributed by atoms with E-state index in [-0.39, 0.29) is 0 Å². The number of hydrogen-bond acceptors (Lipinski definition) is 4. The van der Waals surface area contributed by atoms with Gasteiger partial charge in [-0.3, -0.25) is 0 Å². The van der Waals surface area contributed by atoms with Crippen LogP contribution in [0.4, 0.5) is 0 Å². The Hall–Kier alpha value is -2.98. The molecule has 0 atom stereocenters. The summed E-state index contributed by atoms with van der Waals surface area (Å²) in [5.41, 5.74) is 3.49. The van der Waals surface area contributed by atoms with Crippen molar-refractivity contribution < 1.29 is 14.3 Å². The molecule has 4 heteroatoms. The highest BCUT2D eigenvalue weighted by molar-refractivity contribution is 7.99. The summed E-state index contributed by atoms with van der Waals surface area (Å²) in [6.45, 7) is 0. The molecule has 3 aromatic carbocycles. The molecule has 0 N–H and O–H groups in total. The molecule has 3 rings (SSSR count). The standard InChI is InChI=1S/C23H20O3S/c1-25-16-21(23(24)26-2)20-13-6-7-14-22(20)27-19-12-8-11-18(15-19)17-9-4-3-5-10-17/h3-16H,1-2H3. The van der Waals surface area contributed by atoms with Gasteiger partial charge in [-0.1, -0.05) is 72.4 Å². The molecule has 136 valence electrons. The maximum atomic E-state index is 12.2. The molecule has 0 aliphatic rings. The van der Waals surface area contributed by atoms with Crippen molar-refractivity contribution in [2.75, 3.05) is 14.2 Å². The average Bonchev–Trinajstić information content (AvgIpc) is 2.73. The summed E-state index contributed by atoms with van der Waals surface area (Å²) in [7, 11) is 2.88. The normalized spacial score (nSPS) is 11.1. The van der Waals surface area contributed by atoms with Gasteiger partial charge in [-0.15, -0.1) is 0 Å². The SMILES string of the molecule is COC=C(C(=O)OC)c1ccccc1Sc1cccc(-c2ccccc2)c1. The molecule has 0 bridgehead atoms. The lowest BCUT2D eigenvalue weighted by Crippen LogP contribution is -2.05. The lowest BCUT2D eigenvalue weighted by molar-refractivity contribution is -0.133. The van der Waals surface area contributed by atoms with Crippen LogP contribution in [0.1, 0.15) is 5.56 Å². The fraction of sp³-hybridized carbons (Fsp3) is 0.0870. The highest BCUT2D eigenvalue weighted by Crippen LogP contribution is 2.35. The van der Waals surface area contributed by atoms with Gasteiger partial charge in [-0.2, -0.15) is 0 Å². The van der Waals surface area contributed by atoms with Crippen molar-refractivity contribution in [2.24, 2.45) is 0 Å². The largest absolute Gasteiger partial charge is 0.503 e. The van der Waals surface area contributed by atoms with Gasteiger partial charge in [0.1, 0.15) is 5.57 Å². The van der Waals surface area contributed by atoms with Crippen molar-refractivity contribution in [2.45, 2.75) is 9.79 Å². The first-order chi connectivity index (χ1) is 13.2. The topological polar surface area (TPSA) is 35.5 Å². The second kappa shape index (κ2) is 9.10. The van der Waals surface area contributed by atoms with Crippen LogP contribution in [-0.2, 0) is 14.3 Å². The van der Waals surface area contributed by atoms with Gasteiger partial charge in [0.15, 0.2) is 0 Å². The lowest BCUT2D eigenvalue weighted by Gasteiger charge is -2.12. The molecule has 0 aromatic heterocycles. The van der Waals surface area contributed by atoms with Crippen molar-refractivity contribution >= 4 is 23.3 Å². The highest BCUT2D eigenvalue weighted by Gasteiger charge is 2.17. The minimum atomic E-state index is -0.428. The Morgan fingerprint density at radius 2 is 1.56 bits per heavy atom. The third-order valence-electron chi connectivity index (χ3n) is 3.99. The van der Waals surface area contributed by atoms with Crippen molar-refractivity contribution in [3.05, 3.63) is 90.7 Å². The van der Waals surface area contributed by atoms with Gasteiger partial charge in [0, 0.05) is 15.4 Å². The number of carbonyl (C=O) groups is 1. The van der Waals surface area contributed by atoms with Crippen LogP contribution in [0.15, 0.2) is 94.9 Å².